The average Bonchev–Trinajstić information content (AvgIpc) is 2.60. The number of carbonyl (C=O) groups is 2. The lowest BCUT2D eigenvalue weighted by molar-refractivity contribution is -0.171. The van der Waals surface area contributed by atoms with E-state index in [1.54, 1.807) is 6.92 Å². The second-order valence-electron chi connectivity index (χ2n) is 6.56. The van der Waals surface area contributed by atoms with Gasteiger partial charge in [0.2, 0.25) is 0 Å². The van der Waals surface area contributed by atoms with Crippen LogP contribution in [0, 0.1) is 5.92 Å². The molecule has 23 heavy (non-hydrogen) atoms. The Kier molecular flexibility index (Phi) is 6.84. The maximum atomic E-state index is 12.5. The Bertz CT molecular complexity index is 408. The maximum Gasteiger partial charge on any atom is 0.336 e. The molecule has 3 atom stereocenters. The second-order valence-corrected chi connectivity index (χ2v) is 6.56. The Labute approximate surface area is 138 Å². The van der Waals surface area contributed by atoms with Gasteiger partial charge in [0.1, 0.15) is 0 Å². The van der Waals surface area contributed by atoms with Crippen molar-refractivity contribution < 1.29 is 24.2 Å². The maximum absolute atomic E-state index is 12.5. The van der Waals surface area contributed by atoms with E-state index in [4.69, 9.17) is 9.47 Å². The number of nitrogens with zero attached hydrogens (tertiary/aromatic N) is 1. The summed E-state index contributed by atoms with van der Waals surface area (Å²) in [7, 11) is 0. The molecule has 132 valence electrons. The molecule has 2 fully saturated rings. The number of ether oxygens (including phenoxy) is 2. The van der Waals surface area contributed by atoms with Gasteiger partial charge in [0, 0.05) is 31.7 Å². The Hall–Kier alpha value is -1.14. The smallest absolute Gasteiger partial charge is 0.336 e. The first kappa shape index (κ1) is 18.2. The molecule has 0 spiro atoms. The second kappa shape index (κ2) is 8.64. The Morgan fingerprint density at radius 3 is 2.61 bits per heavy atom. The highest BCUT2D eigenvalue weighted by Gasteiger charge is 2.34. The van der Waals surface area contributed by atoms with Gasteiger partial charge >= 0.3 is 5.97 Å². The molecule has 0 saturated carbocycles. The van der Waals surface area contributed by atoms with Gasteiger partial charge in [-0.3, -0.25) is 4.79 Å². The molecule has 6 heteroatoms. The highest BCUT2D eigenvalue weighted by Crippen LogP contribution is 2.22. The summed E-state index contributed by atoms with van der Waals surface area (Å²) >= 11 is 0. The number of aliphatic hydroxyl groups is 1. The van der Waals surface area contributed by atoms with E-state index in [0.29, 0.717) is 26.1 Å². The van der Waals surface area contributed by atoms with Crippen molar-refractivity contribution in [2.75, 3.05) is 19.8 Å². The third kappa shape index (κ3) is 4.67. The Morgan fingerprint density at radius 1 is 1.26 bits per heavy atom. The zero-order valence-corrected chi connectivity index (χ0v) is 14.2. The normalized spacial score (nSPS) is 25.7. The van der Waals surface area contributed by atoms with Crippen LogP contribution in [0.5, 0.6) is 0 Å². The predicted octanol–water partition coefficient (Wildman–Crippen LogP) is 1.50. The Balaban J connectivity index is 1.87. The first-order valence-corrected chi connectivity index (χ1v) is 8.81. The molecule has 0 radical (unpaired) electrons. The molecule has 0 bridgehead atoms. The van der Waals surface area contributed by atoms with E-state index < -0.39 is 18.2 Å². The van der Waals surface area contributed by atoms with Crippen LogP contribution in [0.3, 0.4) is 0 Å². The lowest BCUT2D eigenvalue weighted by Gasteiger charge is -2.36. The number of carbonyl (C=O) groups excluding carboxylic acids is 2. The van der Waals surface area contributed by atoms with E-state index in [1.165, 1.54) is 0 Å². The number of hydrogen-bond donors (Lipinski definition) is 1. The van der Waals surface area contributed by atoms with Crippen LogP contribution in [-0.2, 0) is 19.1 Å². The van der Waals surface area contributed by atoms with Crippen LogP contribution >= 0.6 is 0 Å². The molecule has 0 aliphatic carbocycles. The molecule has 0 unspecified atom stereocenters. The lowest BCUT2D eigenvalue weighted by atomic mass is 9.94. The number of likely N-dealkylation sites (tertiary alicyclic amines) is 1. The van der Waals surface area contributed by atoms with Gasteiger partial charge in [-0.25, -0.2) is 4.79 Å². The summed E-state index contributed by atoms with van der Waals surface area (Å²) in [6, 6.07) is 0.234. The van der Waals surface area contributed by atoms with Gasteiger partial charge in [0.05, 0.1) is 0 Å². The van der Waals surface area contributed by atoms with E-state index in [2.05, 4.69) is 6.92 Å². The third-order valence-corrected chi connectivity index (χ3v) is 4.98. The van der Waals surface area contributed by atoms with Crippen molar-refractivity contribution in [3.63, 3.8) is 0 Å². The molecule has 1 N–H and O–H groups in total. The fourth-order valence-electron chi connectivity index (χ4n) is 3.47. The van der Waals surface area contributed by atoms with Crippen LogP contribution < -0.4 is 0 Å². The van der Waals surface area contributed by atoms with Crippen LogP contribution in [-0.4, -0.2) is 59.9 Å². The lowest BCUT2D eigenvalue weighted by Crippen LogP contribution is -2.49. The number of hydrogen-bond acceptors (Lipinski definition) is 5. The molecule has 2 aliphatic heterocycles. The fourth-order valence-corrected chi connectivity index (χ4v) is 3.47. The molecule has 0 aromatic rings. The third-order valence-electron chi connectivity index (χ3n) is 4.98. The minimum Gasteiger partial charge on any atom is -0.451 e. The van der Waals surface area contributed by atoms with Gasteiger partial charge in [-0.1, -0.05) is 6.92 Å². The predicted molar refractivity (Wildman–Crippen MR) is 84.7 cm³/mol. The average molecular weight is 327 g/mol. The number of aliphatic hydroxyl groups excluding tert-OH is 1. The zero-order chi connectivity index (χ0) is 16.8. The molecule has 2 heterocycles. The molecule has 0 aromatic carbocycles. The van der Waals surface area contributed by atoms with Crippen molar-refractivity contribution in [3.8, 4) is 0 Å². The van der Waals surface area contributed by atoms with Gasteiger partial charge in [-0.15, -0.1) is 0 Å². The van der Waals surface area contributed by atoms with Crippen molar-refractivity contribution in [3.05, 3.63) is 0 Å². The molecule has 2 aliphatic rings. The molecule has 2 rings (SSSR count). The SMILES string of the molecule is CC[C@@H]1CCCCN1C(=O)[C@H](C)OC(=O)[C@H](O)C1CCOCC1. The summed E-state index contributed by atoms with van der Waals surface area (Å²) in [5.74, 6) is -0.983. The number of rotatable bonds is 5. The molecular formula is C17H29NO5. The molecular weight excluding hydrogens is 298 g/mol. The standard InChI is InChI=1S/C17H29NO5/c1-3-14-6-4-5-9-18(14)16(20)12(2)23-17(21)15(19)13-7-10-22-11-8-13/h12-15,19H,3-11H2,1-2H3/t12-,14+,15+/m0/s1. The largest absolute Gasteiger partial charge is 0.451 e. The summed E-state index contributed by atoms with van der Waals surface area (Å²) < 4.78 is 10.5. The van der Waals surface area contributed by atoms with Gasteiger partial charge in [-0.2, -0.15) is 0 Å². The quantitative estimate of drug-likeness (QED) is 0.774. The Morgan fingerprint density at radius 2 is 1.96 bits per heavy atom. The first-order valence-electron chi connectivity index (χ1n) is 8.81. The summed E-state index contributed by atoms with van der Waals surface area (Å²) in [4.78, 5) is 26.5. The van der Waals surface area contributed by atoms with E-state index in [1.807, 2.05) is 4.90 Å². The number of amides is 1. The van der Waals surface area contributed by atoms with Crippen LogP contribution in [0.25, 0.3) is 0 Å². The van der Waals surface area contributed by atoms with Crippen LogP contribution in [0.15, 0.2) is 0 Å². The minimum atomic E-state index is -1.17. The molecule has 6 nitrogen and oxygen atoms in total. The monoisotopic (exact) mass is 327 g/mol. The van der Waals surface area contributed by atoms with Gasteiger partial charge in [-0.05, 0) is 45.4 Å². The molecule has 0 aromatic heterocycles. The van der Waals surface area contributed by atoms with Crippen molar-refractivity contribution in [1.82, 2.24) is 4.90 Å². The van der Waals surface area contributed by atoms with Crippen molar-refractivity contribution >= 4 is 11.9 Å². The number of esters is 1. The summed E-state index contributed by atoms with van der Waals surface area (Å²) in [6.07, 6.45) is 3.32. The first-order chi connectivity index (χ1) is 11.0. The number of piperidine rings is 1. The van der Waals surface area contributed by atoms with Crippen LogP contribution in [0.4, 0.5) is 0 Å². The van der Waals surface area contributed by atoms with Crippen molar-refractivity contribution in [2.45, 2.75) is 70.6 Å². The van der Waals surface area contributed by atoms with Gasteiger partial charge in [0.25, 0.3) is 5.91 Å². The van der Waals surface area contributed by atoms with Gasteiger partial charge < -0.3 is 19.5 Å². The van der Waals surface area contributed by atoms with Gasteiger partial charge in [0.15, 0.2) is 12.2 Å². The molecule has 1 amide bonds. The van der Waals surface area contributed by atoms with Crippen LogP contribution in [0.2, 0.25) is 0 Å². The zero-order valence-electron chi connectivity index (χ0n) is 14.2. The minimum absolute atomic E-state index is 0.142. The van der Waals surface area contributed by atoms with E-state index in [0.717, 1.165) is 32.2 Å². The molecule has 2 saturated heterocycles. The van der Waals surface area contributed by atoms with E-state index in [-0.39, 0.29) is 17.9 Å². The fraction of sp³-hybridized carbons (Fsp3) is 0.882. The highest BCUT2D eigenvalue weighted by molar-refractivity contribution is 5.85. The van der Waals surface area contributed by atoms with Crippen LogP contribution in [0.1, 0.15) is 52.4 Å². The summed E-state index contributed by atoms with van der Waals surface area (Å²) in [5, 5.41) is 10.1. The highest BCUT2D eigenvalue weighted by atomic mass is 16.6. The summed E-state index contributed by atoms with van der Waals surface area (Å²) in [5.41, 5.74) is 0. The van der Waals surface area contributed by atoms with Crippen molar-refractivity contribution in [1.29, 1.82) is 0 Å². The topological polar surface area (TPSA) is 76.1 Å². The van der Waals surface area contributed by atoms with E-state index >= 15 is 0 Å². The summed E-state index contributed by atoms with van der Waals surface area (Å²) in [6.45, 7) is 5.49. The van der Waals surface area contributed by atoms with Crippen molar-refractivity contribution in [2.24, 2.45) is 5.92 Å². The van der Waals surface area contributed by atoms with E-state index in [9.17, 15) is 14.7 Å².